The summed E-state index contributed by atoms with van der Waals surface area (Å²) in [7, 11) is 0. The second-order valence-corrected chi connectivity index (χ2v) is 3.96. The van der Waals surface area contributed by atoms with Gasteiger partial charge >= 0.3 is 5.97 Å². The third-order valence-electron chi connectivity index (χ3n) is 2.26. The SMILES string of the molecule is C=C(C)C(=O)OCCC(C)(N)C(C)N. The molecular weight excluding hydrogens is 180 g/mol. The van der Waals surface area contributed by atoms with Gasteiger partial charge in [-0.1, -0.05) is 6.58 Å². The van der Waals surface area contributed by atoms with Gasteiger partial charge in [0.1, 0.15) is 0 Å². The number of esters is 1. The minimum atomic E-state index is -0.505. The molecule has 0 aromatic rings. The Morgan fingerprint density at radius 1 is 1.64 bits per heavy atom. The van der Waals surface area contributed by atoms with Crippen LogP contribution >= 0.6 is 0 Å². The molecule has 0 bridgehead atoms. The molecule has 82 valence electrons. The molecule has 0 aromatic carbocycles. The summed E-state index contributed by atoms with van der Waals surface area (Å²) in [6, 6.07) is -0.133. The molecule has 0 amide bonds. The average Bonchev–Trinajstić information content (AvgIpc) is 2.03. The van der Waals surface area contributed by atoms with E-state index in [-0.39, 0.29) is 18.6 Å². The molecule has 2 unspecified atom stereocenters. The van der Waals surface area contributed by atoms with Crippen LogP contribution in [0.5, 0.6) is 0 Å². The maximum atomic E-state index is 11.0. The van der Waals surface area contributed by atoms with Gasteiger partial charge in [0.05, 0.1) is 6.61 Å². The molecule has 0 aromatic heterocycles. The van der Waals surface area contributed by atoms with E-state index in [0.29, 0.717) is 12.0 Å². The molecule has 0 rings (SSSR count). The normalized spacial score (nSPS) is 16.9. The third kappa shape index (κ3) is 4.39. The van der Waals surface area contributed by atoms with Crippen molar-refractivity contribution in [2.45, 2.75) is 38.8 Å². The zero-order valence-electron chi connectivity index (χ0n) is 9.17. The van der Waals surface area contributed by atoms with Gasteiger partial charge < -0.3 is 16.2 Å². The molecule has 0 radical (unpaired) electrons. The fraction of sp³-hybridized carbons (Fsp3) is 0.700. The van der Waals surface area contributed by atoms with Crippen LogP contribution in [0.4, 0.5) is 0 Å². The molecule has 0 aliphatic rings. The molecule has 14 heavy (non-hydrogen) atoms. The lowest BCUT2D eigenvalue weighted by molar-refractivity contribution is -0.139. The molecule has 0 saturated carbocycles. The van der Waals surface area contributed by atoms with Crippen LogP contribution in [0.25, 0.3) is 0 Å². The first-order valence-corrected chi connectivity index (χ1v) is 4.64. The molecular formula is C10H20N2O2. The van der Waals surface area contributed by atoms with Crippen molar-refractivity contribution in [3.63, 3.8) is 0 Å². The van der Waals surface area contributed by atoms with Gasteiger partial charge in [-0.2, -0.15) is 0 Å². The van der Waals surface area contributed by atoms with Crippen molar-refractivity contribution in [1.29, 1.82) is 0 Å². The summed E-state index contributed by atoms with van der Waals surface area (Å²) in [4.78, 5) is 11.0. The van der Waals surface area contributed by atoms with Gasteiger partial charge in [0.25, 0.3) is 0 Å². The van der Waals surface area contributed by atoms with Crippen molar-refractivity contribution >= 4 is 5.97 Å². The average molecular weight is 200 g/mol. The van der Waals surface area contributed by atoms with Gasteiger partial charge in [-0.15, -0.1) is 0 Å². The van der Waals surface area contributed by atoms with Crippen molar-refractivity contribution < 1.29 is 9.53 Å². The van der Waals surface area contributed by atoms with Crippen LogP contribution in [0.3, 0.4) is 0 Å². The zero-order chi connectivity index (χ0) is 11.4. The van der Waals surface area contributed by atoms with Crippen LogP contribution in [0.15, 0.2) is 12.2 Å². The molecule has 0 aliphatic carbocycles. The van der Waals surface area contributed by atoms with E-state index >= 15 is 0 Å². The van der Waals surface area contributed by atoms with E-state index in [0.717, 1.165) is 0 Å². The van der Waals surface area contributed by atoms with E-state index in [1.807, 2.05) is 13.8 Å². The highest BCUT2D eigenvalue weighted by molar-refractivity contribution is 5.86. The van der Waals surface area contributed by atoms with Crippen LogP contribution in [0, 0.1) is 0 Å². The molecule has 4 nitrogen and oxygen atoms in total. The molecule has 4 N–H and O–H groups in total. The van der Waals surface area contributed by atoms with Gasteiger partial charge in [0.2, 0.25) is 0 Å². The lowest BCUT2D eigenvalue weighted by Crippen LogP contribution is -2.51. The smallest absolute Gasteiger partial charge is 0.333 e. The van der Waals surface area contributed by atoms with Gasteiger partial charge in [-0.25, -0.2) is 4.79 Å². The summed E-state index contributed by atoms with van der Waals surface area (Å²) in [5, 5.41) is 0. The minimum Gasteiger partial charge on any atom is -0.462 e. The number of carbonyl (C=O) groups is 1. The zero-order valence-corrected chi connectivity index (χ0v) is 9.17. The molecule has 0 heterocycles. The summed E-state index contributed by atoms with van der Waals surface area (Å²) < 4.78 is 4.92. The summed E-state index contributed by atoms with van der Waals surface area (Å²) in [6.45, 7) is 9.03. The van der Waals surface area contributed by atoms with Gasteiger partial charge in [-0.3, -0.25) is 0 Å². The summed E-state index contributed by atoms with van der Waals surface area (Å²) in [5.41, 5.74) is 11.4. The first-order chi connectivity index (χ1) is 6.27. The van der Waals surface area contributed by atoms with Crippen molar-refractivity contribution in [2.75, 3.05) is 6.61 Å². The standard InChI is InChI=1S/C10H20N2O2/c1-7(2)9(13)14-6-5-10(4,12)8(3)11/h8H,1,5-6,11-12H2,2-4H3. The maximum Gasteiger partial charge on any atom is 0.333 e. The molecule has 2 atom stereocenters. The van der Waals surface area contributed by atoms with E-state index < -0.39 is 5.54 Å². The predicted octanol–water partition coefficient (Wildman–Crippen LogP) is 0.560. The Bertz CT molecular complexity index is 222. The molecule has 0 spiro atoms. The second kappa shape index (κ2) is 5.12. The summed E-state index contributed by atoms with van der Waals surface area (Å²) >= 11 is 0. The van der Waals surface area contributed by atoms with Gasteiger partial charge in [-0.05, 0) is 20.8 Å². The summed E-state index contributed by atoms with van der Waals surface area (Å²) in [5.74, 6) is -0.384. The Balaban J connectivity index is 3.85. The summed E-state index contributed by atoms with van der Waals surface area (Å²) in [6.07, 6.45) is 0.545. The van der Waals surface area contributed by atoms with Crippen molar-refractivity contribution in [3.8, 4) is 0 Å². The molecule has 0 aliphatic heterocycles. The Morgan fingerprint density at radius 2 is 2.14 bits per heavy atom. The maximum absolute atomic E-state index is 11.0. The van der Waals surface area contributed by atoms with Crippen molar-refractivity contribution in [3.05, 3.63) is 12.2 Å². The topological polar surface area (TPSA) is 78.3 Å². The van der Waals surface area contributed by atoms with Crippen LogP contribution < -0.4 is 11.5 Å². The van der Waals surface area contributed by atoms with Gasteiger partial charge in [0, 0.05) is 23.6 Å². The second-order valence-electron chi connectivity index (χ2n) is 3.96. The monoisotopic (exact) mass is 200 g/mol. The van der Waals surface area contributed by atoms with Crippen LogP contribution in [0.2, 0.25) is 0 Å². The van der Waals surface area contributed by atoms with Gasteiger partial charge in [0.15, 0.2) is 0 Å². The first-order valence-electron chi connectivity index (χ1n) is 4.64. The van der Waals surface area contributed by atoms with E-state index in [2.05, 4.69) is 6.58 Å². The van der Waals surface area contributed by atoms with E-state index in [4.69, 9.17) is 16.2 Å². The van der Waals surface area contributed by atoms with Crippen molar-refractivity contribution in [2.24, 2.45) is 11.5 Å². The van der Waals surface area contributed by atoms with E-state index in [1.54, 1.807) is 6.92 Å². The first kappa shape index (κ1) is 13.1. The number of carbonyl (C=O) groups excluding carboxylic acids is 1. The largest absolute Gasteiger partial charge is 0.462 e. The van der Waals surface area contributed by atoms with E-state index in [9.17, 15) is 4.79 Å². The fourth-order valence-corrected chi connectivity index (χ4v) is 0.715. The quantitative estimate of drug-likeness (QED) is 0.502. The highest BCUT2D eigenvalue weighted by Crippen LogP contribution is 2.09. The Morgan fingerprint density at radius 3 is 2.50 bits per heavy atom. The number of hydrogen-bond donors (Lipinski definition) is 2. The number of hydrogen-bond acceptors (Lipinski definition) is 4. The van der Waals surface area contributed by atoms with Crippen LogP contribution in [-0.4, -0.2) is 24.2 Å². The molecule has 0 saturated heterocycles. The fourth-order valence-electron chi connectivity index (χ4n) is 0.715. The Hall–Kier alpha value is -0.870. The van der Waals surface area contributed by atoms with Crippen LogP contribution in [-0.2, 0) is 9.53 Å². The lowest BCUT2D eigenvalue weighted by atomic mass is 9.92. The Kier molecular flexibility index (Phi) is 4.80. The number of nitrogens with two attached hydrogens (primary N) is 2. The molecule has 0 fully saturated rings. The highest BCUT2D eigenvalue weighted by atomic mass is 16.5. The number of rotatable bonds is 5. The minimum absolute atomic E-state index is 0.133. The lowest BCUT2D eigenvalue weighted by Gasteiger charge is -2.28. The number of ether oxygens (including phenoxy) is 1. The Labute approximate surface area is 85.3 Å². The predicted molar refractivity (Wildman–Crippen MR) is 56.6 cm³/mol. The highest BCUT2D eigenvalue weighted by Gasteiger charge is 2.23. The third-order valence-corrected chi connectivity index (χ3v) is 2.26. The van der Waals surface area contributed by atoms with E-state index in [1.165, 1.54) is 0 Å². The molecule has 4 heteroatoms. The van der Waals surface area contributed by atoms with Crippen LogP contribution in [0.1, 0.15) is 27.2 Å². The van der Waals surface area contributed by atoms with Crippen molar-refractivity contribution in [1.82, 2.24) is 0 Å².